The van der Waals surface area contributed by atoms with E-state index in [-0.39, 0.29) is 0 Å². The predicted molar refractivity (Wildman–Crippen MR) is 117 cm³/mol. The van der Waals surface area contributed by atoms with E-state index in [1.54, 1.807) is 0 Å². The molecular formula is C26H21NO2. The Morgan fingerprint density at radius 3 is 2.03 bits per heavy atom. The van der Waals surface area contributed by atoms with Gasteiger partial charge in [-0.3, -0.25) is 4.99 Å². The Morgan fingerprint density at radius 2 is 1.28 bits per heavy atom. The number of para-hydroxylation sites is 3. The second-order valence-electron chi connectivity index (χ2n) is 6.48. The van der Waals surface area contributed by atoms with Crippen molar-refractivity contribution in [3.8, 4) is 17.2 Å². The van der Waals surface area contributed by atoms with Gasteiger partial charge in [-0.2, -0.15) is 0 Å². The van der Waals surface area contributed by atoms with Crippen molar-refractivity contribution in [2.45, 2.75) is 6.61 Å². The smallest absolute Gasteiger partial charge is 0.153 e. The van der Waals surface area contributed by atoms with Gasteiger partial charge in [0, 0.05) is 6.21 Å². The molecule has 0 atom stereocenters. The number of ether oxygens (including phenoxy) is 2. The molecule has 0 radical (unpaired) electrons. The van der Waals surface area contributed by atoms with Gasteiger partial charge < -0.3 is 9.47 Å². The first-order valence-corrected chi connectivity index (χ1v) is 9.50. The zero-order valence-electron chi connectivity index (χ0n) is 15.9. The maximum absolute atomic E-state index is 5.96. The summed E-state index contributed by atoms with van der Waals surface area (Å²) in [5.41, 5.74) is 2.92. The van der Waals surface area contributed by atoms with Gasteiger partial charge in [0.25, 0.3) is 0 Å². The zero-order valence-corrected chi connectivity index (χ0v) is 15.9. The van der Waals surface area contributed by atoms with Crippen molar-refractivity contribution in [1.82, 2.24) is 0 Å². The SMILES string of the molecule is C(=Nc1ccccc1Oc1ccccc1)c1ccc(OCc2ccccc2)cc1. The van der Waals surface area contributed by atoms with Crippen molar-refractivity contribution in [2.75, 3.05) is 0 Å². The summed E-state index contributed by atoms with van der Waals surface area (Å²) in [5.74, 6) is 2.34. The number of aliphatic imine (C=N–C) groups is 1. The van der Waals surface area contributed by atoms with Crippen LogP contribution in [0.25, 0.3) is 0 Å². The first-order chi connectivity index (χ1) is 14.4. The van der Waals surface area contributed by atoms with Gasteiger partial charge in [0.15, 0.2) is 5.75 Å². The minimum absolute atomic E-state index is 0.554. The molecular weight excluding hydrogens is 358 g/mol. The first kappa shape index (κ1) is 18.5. The summed E-state index contributed by atoms with van der Waals surface area (Å²) in [6, 6.07) is 35.5. The van der Waals surface area contributed by atoms with Crippen LogP contribution in [-0.2, 0) is 6.61 Å². The molecule has 0 bridgehead atoms. The van der Waals surface area contributed by atoms with Crippen LogP contribution >= 0.6 is 0 Å². The molecule has 0 N–H and O–H groups in total. The van der Waals surface area contributed by atoms with Crippen LogP contribution in [-0.4, -0.2) is 6.21 Å². The lowest BCUT2D eigenvalue weighted by molar-refractivity contribution is 0.306. The quantitative estimate of drug-likeness (QED) is 0.330. The Balaban J connectivity index is 1.41. The third-order valence-electron chi connectivity index (χ3n) is 4.32. The minimum atomic E-state index is 0.554. The van der Waals surface area contributed by atoms with Gasteiger partial charge in [-0.25, -0.2) is 0 Å². The molecule has 0 aromatic heterocycles. The van der Waals surface area contributed by atoms with E-state index in [1.807, 2.05) is 103 Å². The van der Waals surface area contributed by atoms with Crippen LogP contribution < -0.4 is 9.47 Å². The van der Waals surface area contributed by atoms with Gasteiger partial charge in [-0.15, -0.1) is 0 Å². The Kier molecular flexibility index (Phi) is 5.99. The van der Waals surface area contributed by atoms with Gasteiger partial charge in [-0.05, 0) is 59.7 Å². The van der Waals surface area contributed by atoms with Crippen molar-refractivity contribution < 1.29 is 9.47 Å². The van der Waals surface area contributed by atoms with Crippen LogP contribution in [0.1, 0.15) is 11.1 Å². The van der Waals surface area contributed by atoms with E-state index in [4.69, 9.17) is 9.47 Å². The van der Waals surface area contributed by atoms with Crippen molar-refractivity contribution in [3.05, 3.63) is 120 Å². The van der Waals surface area contributed by atoms with E-state index in [0.717, 1.165) is 34.1 Å². The molecule has 142 valence electrons. The van der Waals surface area contributed by atoms with Crippen molar-refractivity contribution in [3.63, 3.8) is 0 Å². The van der Waals surface area contributed by atoms with Crippen LogP contribution in [0.3, 0.4) is 0 Å². The summed E-state index contributed by atoms with van der Waals surface area (Å²) < 4.78 is 11.8. The fourth-order valence-electron chi connectivity index (χ4n) is 2.80. The molecule has 0 amide bonds. The first-order valence-electron chi connectivity index (χ1n) is 9.50. The molecule has 4 aromatic rings. The monoisotopic (exact) mass is 379 g/mol. The van der Waals surface area contributed by atoms with Crippen molar-refractivity contribution in [1.29, 1.82) is 0 Å². The Morgan fingerprint density at radius 1 is 0.621 bits per heavy atom. The van der Waals surface area contributed by atoms with Gasteiger partial charge in [0.05, 0.1) is 0 Å². The highest BCUT2D eigenvalue weighted by atomic mass is 16.5. The van der Waals surface area contributed by atoms with Crippen LogP contribution in [0.5, 0.6) is 17.2 Å². The van der Waals surface area contributed by atoms with E-state index in [0.29, 0.717) is 6.61 Å². The molecule has 4 aromatic carbocycles. The molecule has 29 heavy (non-hydrogen) atoms. The molecule has 3 nitrogen and oxygen atoms in total. The third kappa shape index (κ3) is 5.33. The number of hydrogen-bond acceptors (Lipinski definition) is 3. The molecule has 0 fully saturated rings. The molecule has 0 aliphatic carbocycles. The Labute approximate surface area is 170 Å². The summed E-state index contributed by atoms with van der Waals surface area (Å²) in [4.78, 5) is 4.61. The predicted octanol–water partition coefficient (Wildman–Crippen LogP) is 6.81. The number of nitrogens with zero attached hydrogens (tertiary/aromatic N) is 1. The maximum atomic E-state index is 5.96. The van der Waals surface area contributed by atoms with Crippen LogP contribution in [0, 0.1) is 0 Å². The van der Waals surface area contributed by atoms with E-state index < -0.39 is 0 Å². The van der Waals surface area contributed by atoms with Gasteiger partial charge in [-0.1, -0.05) is 60.7 Å². The Hall–Kier alpha value is -3.85. The fourth-order valence-corrected chi connectivity index (χ4v) is 2.80. The summed E-state index contributed by atoms with van der Waals surface area (Å²) >= 11 is 0. The lowest BCUT2D eigenvalue weighted by Gasteiger charge is -2.08. The normalized spacial score (nSPS) is 10.8. The van der Waals surface area contributed by atoms with Crippen LogP contribution in [0.4, 0.5) is 5.69 Å². The third-order valence-corrected chi connectivity index (χ3v) is 4.32. The average Bonchev–Trinajstić information content (AvgIpc) is 2.79. The lowest BCUT2D eigenvalue weighted by Crippen LogP contribution is -1.95. The van der Waals surface area contributed by atoms with Gasteiger partial charge in [0.2, 0.25) is 0 Å². The fraction of sp³-hybridized carbons (Fsp3) is 0.0385. The van der Waals surface area contributed by atoms with Crippen molar-refractivity contribution >= 4 is 11.9 Å². The lowest BCUT2D eigenvalue weighted by atomic mass is 10.2. The molecule has 0 aliphatic heterocycles. The molecule has 0 spiro atoms. The molecule has 0 aliphatic rings. The van der Waals surface area contributed by atoms with E-state index >= 15 is 0 Å². The molecule has 0 saturated carbocycles. The minimum Gasteiger partial charge on any atom is -0.489 e. The standard InChI is InChI=1S/C26H21NO2/c1-3-9-22(10-4-1)20-28-23-17-15-21(16-18-23)19-27-25-13-7-8-14-26(25)29-24-11-5-2-6-12-24/h1-19H,20H2. The van der Waals surface area contributed by atoms with Crippen LogP contribution in [0.2, 0.25) is 0 Å². The second kappa shape index (κ2) is 9.38. The highest BCUT2D eigenvalue weighted by molar-refractivity contribution is 5.82. The van der Waals surface area contributed by atoms with E-state index in [9.17, 15) is 0 Å². The Bertz CT molecular complexity index is 1060. The van der Waals surface area contributed by atoms with Crippen LogP contribution in [0.15, 0.2) is 114 Å². The molecule has 0 saturated heterocycles. The molecule has 4 rings (SSSR count). The van der Waals surface area contributed by atoms with E-state index in [2.05, 4.69) is 17.1 Å². The summed E-state index contributed by atoms with van der Waals surface area (Å²) in [7, 11) is 0. The van der Waals surface area contributed by atoms with E-state index in [1.165, 1.54) is 0 Å². The topological polar surface area (TPSA) is 30.8 Å². The largest absolute Gasteiger partial charge is 0.489 e. The van der Waals surface area contributed by atoms with Gasteiger partial charge >= 0.3 is 0 Å². The van der Waals surface area contributed by atoms with Gasteiger partial charge in [0.1, 0.15) is 23.8 Å². The molecule has 3 heteroatoms. The highest BCUT2D eigenvalue weighted by Gasteiger charge is 2.03. The summed E-state index contributed by atoms with van der Waals surface area (Å²) in [6.07, 6.45) is 1.83. The second-order valence-corrected chi connectivity index (χ2v) is 6.48. The molecule has 0 unspecified atom stereocenters. The van der Waals surface area contributed by atoms with Crippen molar-refractivity contribution in [2.24, 2.45) is 4.99 Å². The highest BCUT2D eigenvalue weighted by Crippen LogP contribution is 2.31. The number of rotatable bonds is 7. The zero-order chi connectivity index (χ0) is 19.7. The summed E-state index contributed by atoms with van der Waals surface area (Å²) in [5, 5.41) is 0. The summed E-state index contributed by atoms with van der Waals surface area (Å²) in [6.45, 7) is 0.554. The average molecular weight is 379 g/mol. The number of benzene rings is 4. The number of hydrogen-bond donors (Lipinski definition) is 0. The molecule has 0 heterocycles. The maximum Gasteiger partial charge on any atom is 0.153 e.